The average Bonchev–Trinajstić information content (AvgIpc) is 2.55. The van der Waals surface area contributed by atoms with Crippen molar-refractivity contribution in [1.82, 2.24) is 10.2 Å². The second kappa shape index (κ2) is 2.52. The third kappa shape index (κ3) is 1.20. The van der Waals surface area contributed by atoms with Crippen LogP contribution in [-0.2, 0) is 0 Å². The van der Waals surface area contributed by atoms with E-state index in [1.165, 1.54) is 0 Å². The van der Waals surface area contributed by atoms with Crippen LogP contribution in [0.25, 0.3) is 10.3 Å². The summed E-state index contributed by atoms with van der Waals surface area (Å²) in [5, 5.41) is 7.60. The summed E-state index contributed by atoms with van der Waals surface area (Å²) < 4.78 is 6.58. The van der Waals surface area contributed by atoms with Crippen LogP contribution in [0.15, 0.2) is 22.8 Å². The molecule has 0 fully saturated rings. The molecule has 0 bridgehead atoms. The number of rotatable bonds is 1. The van der Waals surface area contributed by atoms with E-state index < -0.39 is 0 Å². The van der Waals surface area contributed by atoms with Gasteiger partial charge in [0, 0.05) is 0 Å². The molecule has 0 spiro atoms. The van der Waals surface area contributed by atoms with Crippen molar-refractivity contribution in [3.63, 3.8) is 0 Å². The first kappa shape index (κ1) is 6.64. The predicted octanol–water partition coefficient (Wildman–Crippen LogP) is 0.376. The Labute approximate surface area is 68.8 Å². The Morgan fingerprint density at radius 1 is 1.45 bits per heavy atom. The number of furan rings is 1. The van der Waals surface area contributed by atoms with Crippen molar-refractivity contribution in [3.8, 4) is 10.3 Å². The molecule has 0 saturated heterocycles. The number of aromatic nitrogens is 2. The van der Waals surface area contributed by atoms with Crippen LogP contribution in [0.5, 0.6) is 0 Å². The van der Waals surface area contributed by atoms with E-state index in [4.69, 9.17) is 10.2 Å². The van der Waals surface area contributed by atoms with Crippen molar-refractivity contribution >= 4 is 19.2 Å². The van der Waals surface area contributed by atoms with Crippen LogP contribution in [0.4, 0.5) is 4.69 Å². The van der Waals surface area contributed by atoms with Gasteiger partial charge in [0.15, 0.2) is 0 Å². The molecule has 2 aromatic heterocycles. The standard InChI is InChI=1S/C6H5N3OSe/c7-6-9-8-5(11-6)4-2-1-3-10-4/h1-3H,(H2,7,9). The molecule has 4 nitrogen and oxygen atoms in total. The van der Waals surface area contributed by atoms with Gasteiger partial charge in [0.2, 0.25) is 0 Å². The first-order valence-electron chi connectivity index (χ1n) is 2.99. The zero-order valence-corrected chi connectivity index (χ0v) is 7.23. The molecular formula is C6H5N3OSe. The second-order valence-electron chi connectivity index (χ2n) is 1.92. The molecule has 0 atom stereocenters. The van der Waals surface area contributed by atoms with Gasteiger partial charge in [-0.3, -0.25) is 0 Å². The molecule has 5 heteroatoms. The van der Waals surface area contributed by atoms with E-state index in [1.807, 2.05) is 12.1 Å². The van der Waals surface area contributed by atoms with Gasteiger partial charge in [-0.15, -0.1) is 0 Å². The minimum atomic E-state index is 0.0534. The van der Waals surface area contributed by atoms with Crippen LogP contribution < -0.4 is 5.73 Å². The number of nitrogen functional groups attached to an aromatic ring is 1. The molecule has 11 heavy (non-hydrogen) atoms. The number of anilines is 1. The quantitative estimate of drug-likeness (QED) is 0.696. The molecule has 2 N–H and O–H groups in total. The Kier molecular flexibility index (Phi) is 1.52. The van der Waals surface area contributed by atoms with Gasteiger partial charge in [-0.2, -0.15) is 0 Å². The molecule has 0 saturated carbocycles. The number of nitrogens with two attached hydrogens (primary N) is 1. The van der Waals surface area contributed by atoms with Crippen molar-refractivity contribution in [2.45, 2.75) is 0 Å². The summed E-state index contributed by atoms with van der Waals surface area (Å²) in [6.45, 7) is 0. The molecule has 0 aliphatic heterocycles. The Bertz CT molecular complexity index is 340. The normalized spacial score (nSPS) is 10.2. The van der Waals surface area contributed by atoms with E-state index in [0.29, 0.717) is 4.69 Å². The van der Waals surface area contributed by atoms with E-state index in [0.717, 1.165) is 10.3 Å². The van der Waals surface area contributed by atoms with Gasteiger partial charge in [-0.1, -0.05) is 0 Å². The van der Waals surface area contributed by atoms with E-state index in [-0.39, 0.29) is 14.5 Å². The van der Waals surface area contributed by atoms with Gasteiger partial charge in [0.1, 0.15) is 0 Å². The van der Waals surface area contributed by atoms with Gasteiger partial charge in [0.05, 0.1) is 0 Å². The summed E-state index contributed by atoms with van der Waals surface area (Å²) >= 11 is 0.0534. The molecule has 0 unspecified atom stereocenters. The van der Waals surface area contributed by atoms with Crippen LogP contribution in [0, 0.1) is 0 Å². The average molecular weight is 214 g/mol. The van der Waals surface area contributed by atoms with Crippen molar-refractivity contribution in [2.24, 2.45) is 0 Å². The zero-order valence-electron chi connectivity index (χ0n) is 5.52. The molecule has 2 aromatic rings. The monoisotopic (exact) mass is 215 g/mol. The summed E-state index contributed by atoms with van der Waals surface area (Å²) in [6.07, 6.45) is 1.61. The maximum absolute atomic E-state index is 5.45. The van der Waals surface area contributed by atoms with Crippen molar-refractivity contribution in [3.05, 3.63) is 18.4 Å². The zero-order chi connectivity index (χ0) is 7.68. The Hall–Kier alpha value is -1.06. The Balaban J connectivity index is 2.45. The predicted molar refractivity (Wildman–Crippen MR) is 41.1 cm³/mol. The number of hydrogen-bond acceptors (Lipinski definition) is 4. The van der Waals surface area contributed by atoms with E-state index >= 15 is 0 Å². The summed E-state index contributed by atoms with van der Waals surface area (Å²) in [7, 11) is 0. The minimum absolute atomic E-state index is 0.0534. The van der Waals surface area contributed by atoms with Crippen LogP contribution in [-0.4, -0.2) is 24.7 Å². The SMILES string of the molecule is Nc1nnc(-c2ccco2)[se]1. The summed E-state index contributed by atoms with van der Waals surface area (Å²) in [6, 6.07) is 3.68. The molecule has 2 heterocycles. The van der Waals surface area contributed by atoms with Gasteiger partial charge in [-0.25, -0.2) is 0 Å². The number of nitrogens with zero attached hydrogens (tertiary/aromatic N) is 2. The fourth-order valence-electron chi connectivity index (χ4n) is 0.734. The summed E-state index contributed by atoms with van der Waals surface area (Å²) in [4.78, 5) is 0. The molecule has 0 aromatic carbocycles. The third-order valence-electron chi connectivity index (χ3n) is 1.17. The Morgan fingerprint density at radius 3 is 2.91 bits per heavy atom. The van der Waals surface area contributed by atoms with Crippen LogP contribution in [0.2, 0.25) is 0 Å². The topological polar surface area (TPSA) is 64.9 Å². The van der Waals surface area contributed by atoms with Crippen molar-refractivity contribution in [2.75, 3.05) is 5.73 Å². The molecular weight excluding hydrogens is 209 g/mol. The van der Waals surface area contributed by atoms with E-state index in [1.54, 1.807) is 6.26 Å². The summed E-state index contributed by atoms with van der Waals surface area (Å²) in [5.41, 5.74) is 5.45. The van der Waals surface area contributed by atoms with Crippen LogP contribution in [0.3, 0.4) is 0 Å². The molecule has 0 radical (unpaired) electrons. The molecule has 2 rings (SSSR count). The first-order valence-corrected chi connectivity index (χ1v) is 4.70. The van der Waals surface area contributed by atoms with Gasteiger partial charge < -0.3 is 0 Å². The molecule has 56 valence electrons. The first-order chi connectivity index (χ1) is 5.36. The van der Waals surface area contributed by atoms with E-state index in [2.05, 4.69) is 10.2 Å². The van der Waals surface area contributed by atoms with Crippen LogP contribution >= 0.6 is 0 Å². The van der Waals surface area contributed by atoms with E-state index in [9.17, 15) is 0 Å². The molecule has 0 amide bonds. The fourth-order valence-corrected chi connectivity index (χ4v) is 1.95. The molecule has 0 aliphatic rings. The summed E-state index contributed by atoms with van der Waals surface area (Å²) in [5.74, 6) is 0.772. The fraction of sp³-hybridized carbons (Fsp3) is 0. The molecule has 0 aliphatic carbocycles. The van der Waals surface area contributed by atoms with Crippen LogP contribution in [0.1, 0.15) is 0 Å². The third-order valence-corrected chi connectivity index (χ3v) is 2.78. The van der Waals surface area contributed by atoms with Gasteiger partial charge in [0.25, 0.3) is 0 Å². The second-order valence-corrected chi connectivity index (χ2v) is 4.04. The van der Waals surface area contributed by atoms with Crippen molar-refractivity contribution in [1.29, 1.82) is 0 Å². The van der Waals surface area contributed by atoms with Gasteiger partial charge >= 0.3 is 68.3 Å². The van der Waals surface area contributed by atoms with Gasteiger partial charge in [-0.05, 0) is 0 Å². The Morgan fingerprint density at radius 2 is 2.36 bits per heavy atom. The number of hydrogen-bond donors (Lipinski definition) is 1. The maximum atomic E-state index is 5.45. The van der Waals surface area contributed by atoms with Crippen molar-refractivity contribution < 1.29 is 4.42 Å².